The molecule has 0 aliphatic heterocycles. The lowest BCUT2D eigenvalue weighted by Gasteiger charge is -2.19. The molecule has 0 saturated carbocycles. The van der Waals surface area contributed by atoms with Gasteiger partial charge in [-0.3, -0.25) is 19.7 Å². The molecule has 1 aromatic rings. The van der Waals surface area contributed by atoms with E-state index in [-0.39, 0.29) is 24.3 Å². The second-order valence-electron chi connectivity index (χ2n) is 6.82. The Morgan fingerprint density at radius 1 is 1.12 bits per heavy atom. The molecule has 1 rings (SSSR count). The molecule has 0 unspecified atom stereocenters. The van der Waals surface area contributed by atoms with E-state index in [0.29, 0.717) is 5.56 Å². The number of carbonyl (C=O) groups excluding carboxylic acids is 4. The Kier molecular flexibility index (Phi) is 7.30. The molecule has 8 heteroatoms. The average Bonchev–Trinajstić information content (AvgIpc) is 2.53. The second-order valence-corrected chi connectivity index (χ2v) is 6.82. The van der Waals surface area contributed by atoms with Crippen molar-refractivity contribution < 1.29 is 23.9 Å². The number of nitrogens with one attached hydrogen (secondary N) is 2. The molecular formula is C18H25N3O5. The first-order valence-electron chi connectivity index (χ1n) is 8.19. The molecule has 0 aliphatic rings. The number of rotatable bonds is 6. The monoisotopic (exact) mass is 363 g/mol. The average molecular weight is 363 g/mol. The van der Waals surface area contributed by atoms with Gasteiger partial charge in [-0.1, -0.05) is 32.9 Å². The Hall–Kier alpha value is -2.90. The van der Waals surface area contributed by atoms with Crippen LogP contribution in [0.5, 0.6) is 0 Å². The van der Waals surface area contributed by atoms with Crippen molar-refractivity contribution in [2.75, 3.05) is 6.54 Å². The highest BCUT2D eigenvalue weighted by Crippen LogP contribution is 2.22. The minimum absolute atomic E-state index is 0.00371. The second kappa shape index (κ2) is 8.98. The Labute approximate surface area is 152 Å². The predicted octanol–water partition coefficient (Wildman–Crippen LogP) is 1.23. The fourth-order valence-electron chi connectivity index (χ4n) is 2.03. The summed E-state index contributed by atoms with van der Waals surface area (Å²) in [7, 11) is 0. The first kappa shape index (κ1) is 21.1. The maximum absolute atomic E-state index is 12.1. The molecule has 0 fully saturated rings. The maximum atomic E-state index is 12.1. The van der Waals surface area contributed by atoms with Gasteiger partial charge in [-0.2, -0.15) is 0 Å². The van der Waals surface area contributed by atoms with Crippen molar-refractivity contribution in [3.63, 3.8) is 0 Å². The number of urea groups is 1. The number of benzene rings is 1. The van der Waals surface area contributed by atoms with Crippen molar-refractivity contribution in [1.82, 2.24) is 10.6 Å². The van der Waals surface area contributed by atoms with Gasteiger partial charge in [-0.05, 0) is 30.0 Å². The summed E-state index contributed by atoms with van der Waals surface area (Å²) in [5.41, 5.74) is 6.40. The highest BCUT2D eigenvalue weighted by atomic mass is 16.5. The molecule has 0 spiro atoms. The minimum atomic E-state index is -1.16. The normalized spacial score (nSPS) is 12.0. The van der Waals surface area contributed by atoms with Crippen molar-refractivity contribution in [2.45, 2.75) is 45.6 Å². The van der Waals surface area contributed by atoms with Crippen molar-refractivity contribution >= 4 is 23.8 Å². The maximum Gasteiger partial charge on any atom is 0.318 e. The van der Waals surface area contributed by atoms with Crippen LogP contribution in [0.1, 0.15) is 50.0 Å². The molecule has 8 nitrogen and oxygen atoms in total. The van der Waals surface area contributed by atoms with Crippen LogP contribution < -0.4 is 16.4 Å². The fourth-order valence-corrected chi connectivity index (χ4v) is 2.03. The molecule has 1 atom stereocenters. The molecule has 0 saturated heterocycles. The van der Waals surface area contributed by atoms with Crippen LogP contribution in [0, 0.1) is 0 Å². The van der Waals surface area contributed by atoms with Gasteiger partial charge >= 0.3 is 12.0 Å². The molecular weight excluding hydrogens is 338 g/mol. The van der Waals surface area contributed by atoms with Gasteiger partial charge in [-0.25, -0.2) is 4.79 Å². The first-order chi connectivity index (χ1) is 12.0. The molecule has 4 amide bonds. The number of nitrogens with two attached hydrogens (primary N) is 1. The van der Waals surface area contributed by atoms with E-state index in [2.05, 4.69) is 26.1 Å². The van der Waals surface area contributed by atoms with E-state index < -0.39 is 24.0 Å². The molecule has 0 radical (unpaired) electrons. The number of hydrogen-bond donors (Lipinski definition) is 3. The van der Waals surface area contributed by atoms with Crippen LogP contribution in [0.15, 0.2) is 24.3 Å². The molecule has 0 bridgehead atoms. The predicted molar refractivity (Wildman–Crippen MR) is 95.4 cm³/mol. The van der Waals surface area contributed by atoms with E-state index in [4.69, 9.17) is 10.5 Å². The van der Waals surface area contributed by atoms with E-state index in [1.807, 2.05) is 17.4 Å². The Balaban J connectivity index is 2.42. The van der Waals surface area contributed by atoms with E-state index in [1.54, 1.807) is 12.1 Å². The topological polar surface area (TPSA) is 128 Å². The third-order valence-corrected chi connectivity index (χ3v) is 3.55. The van der Waals surface area contributed by atoms with Gasteiger partial charge < -0.3 is 15.8 Å². The van der Waals surface area contributed by atoms with E-state index in [1.165, 1.54) is 6.92 Å². The van der Waals surface area contributed by atoms with E-state index in [9.17, 15) is 19.2 Å². The van der Waals surface area contributed by atoms with E-state index >= 15 is 0 Å². The molecule has 142 valence electrons. The van der Waals surface area contributed by atoms with Crippen molar-refractivity contribution in [3.8, 4) is 0 Å². The minimum Gasteiger partial charge on any atom is -0.452 e. The van der Waals surface area contributed by atoms with Crippen LogP contribution in [-0.2, 0) is 19.7 Å². The highest BCUT2D eigenvalue weighted by Gasteiger charge is 2.19. The molecule has 4 N–H and O–H groups in total. The van der Waals surface area contributed by atoms with Gasteiger partial charge in [0.1, 0.15) is 0 Å². The molecule has 0 aliphatic carbocycles. The Morgan fingerprint density at radius 3 is 2.19 bits per heavy atom. The largest absolute Gasteiger partial charge is 0.452 e. The summed E-state index contributed by atoms with van der Waals surface area (Å²) in [4.78, 5) is 45.7. The Bertz CT molecular complexity index is 677. The summed E-state index contributed by atoms with van der Waals surface area (Å²) in [6.07, 6.45) is -1.27. The third kappa shape index (κ3) is 6.92. The van der Waals surface area contributed by atoms with Gasteiger partial charge in [0, 0.05) is 12.1 Å². The summed E-state index contributed by atoms with van der Waals surface area (Å²) >= 11 is 0. The standard InChI is InChI=1S/C18H25N3O5/c1-11(15(23)21-17(19)25)26-14(22)9-10-20-16(24)12-5-7-13(8-6-12)18(2,3)4/h5-8,11H,9-10H2,1-4H3,(H,20,24)(H3,19,21,23,25)/t11-/m1/s1. The number of amides is 4. The zero-order valence-electron chi connectivity index (χ0n) is 15.4. The Morgan fingerprint density at radius 2 is 1.69 bits per heavy atom. The summed E-state index contributed by atoms with van der Waals surface area (Å²) < 4.78 is 4.84. The summed E-state index contributed by atoms with van der Waals surface area (Å²) in [5, 5.41) is 4.42. The quantitative estimate of drug-likeness (QED) is 0.655. The fraction of sp³-hybridized carbons (Fsp3) is 0.444. The van der Waals surface area contributed by atoms with Gasteiger partial charge in [0.15, 0.2) is 6.10 Å². The van der Waals surface area contributed by atoms with Crippen LogP contribution >= 0.6 is 0 Å². The SMILES string of the molecule is C[C@@H](OC(=O)CCNC(=O)c1ccc(C(C)(C)C)cc1)C(=O)NC(N)=O. The first-order valence-corrected chi connectivity index (χ1v) is 8.19. The van der Waals surface area contributed by atoms with Crippen molar-refractivity contribution in [2.24, 2.45) is 5.73 Å². The zero-order chi connectivity index (χ0) is 19.9. The van der Waals surface area contributed by atoms with Crippen molar-refractivity contribution in [3.05, 3.63) is 35.4 Å². The van der Waals surface area contributed by atoms with E-state index in [0.717, 1.165) is 5.56 Å². The lowest BCUT2D eigenvalue weighted by atomic mass is 9.87. The van der Waals surface area contributed by atoms with Crippen LogP contribution in [0.2, 0.25) is 0 Å². The number of imide groups is 1. The lowest BCUT2D eigenvalue weighted by Crippen LogP contribution is -2.42. The zero-order valence-corrected chi connectivity index (χ0v) is 15.4. The molecule has 26 heavy (non-hydrogen) atoms. The molecule has 0 aromatic heterocycles. The summed E-state index contributed by atoms with van der Waals surface area (Å²) in [5.74, 6) is -1.80. The van der Waals surface area contributed by atoms with Gasteiger partial charge in [0.2, 0.25) is 0 Å². The highest BCUT2D eigenvalue weighted by molar-refractivity contribution is 5.96. The summed E-state index contributed by atoms with van der Waals surface area (Å²) in [6, 6.07) is 6.21. The van der Waals surface area contributed by atoms with Crippen LogP contribution in [0.25, 0.3) is 0 Å². The number of esters is 1. The number of carbonyl (C=O) groups is 4. The third-order valence-electron chi connectivity index (χ3n) is 3.55. The van der Waals surface area contributed by atoms with Gasteiger partial charge in [0.25, 0.3) is 11.8 Å². The number of ether oxygens (including phenoxy) is 1. The van der Waals surface area contributed by atoms with Crippen LogP contribution in [-0.4, -0.2) is 36.5 Å². The summed E-state index contributed by atoms with van der Waals surface area (Å²) in [6.45, 7) is 7.61. The molecule has 0 heterocycles. The number of primary amides is 1. The number of hydrogen-bond acceptors (Lipinski definition) is 5. The lowest BCUT2D eigenvalue weighted by molar-refractivity contribution is -0.154. The van der Waals surface area contributed by atoms with Gasteiger partial charge in [0.05, 0.1) is 6.42 Å². The molecule has 1 aromatic carbocycles. The van der Waals surface area contributed by atoms with Crippen molar-refractivity contribution in [1.29, 1.82) is 0 Å². The van der Waals surface area contributed by atoms with Gasteiger partial charge in [-0.15, -0.1) is 0 Å². The smallest absolute Gasteiger partial charge is 0.318 e. The van der Waals surface area contributed by atoms with Crippen LogP contribution in [0.3, 0.4) is 0 Å². The van der Waals surface area contributed by atoms with Crippen LogP contribution in [0.4, 0.5) is 4.79 Å².